The Bertz CT molecular complexity index is 596. The highest BCUT2D eigenvalue weighted by Crippen LogP contribution is 2.57. The van der Waals surface area contributed by atoms with Gasteiger partial charge in [-0.3, -0.25) is 0 Å². The van der Waals surface area contributed by atoms with Crippen molar-refractivity contribution in [2.75, 3.05) is 6.54 Å². The van der Waals surface area contributed by atoms with Gasteiger partial charge in [0.15, 0.2) is 0 Å². The minimum atomic E-state index is 0.373. The molecule has 0 radical (unpaired) electrons. The van der Waals surface area contributed by atoms with Gasteiger partial charge in [-0.1, -0.05) is 30.3 Å². The third-order valence-corrected chi connectivity index (χ3v) is 5.07. The maximum atomic E-state index is 4.32. The fraction of sp³-hybridized carbons (Fsp3) is 0.529. The summed E-state index contributed by atoms with van der Waals surface area (Å²) in [6.45, 7) is 3.16. The summed E-state index contributed by atoms with van der Waals surface area (Å²) in [4.78, 5) is 0. The lowest BCUT2D eigenvalue weighted by atomic mass is 9.92. The summed E-state index contributed by atoms with van der Waals surface area (Å²) < 4.78 is 2.00. The van der Waals surface area contributed by atoms with Gasteiger partial charge in [0.1, 0.15) is 0 Å². The molecule has 2 aromatic rings. The second-order valence-electron chi connectivity index (χ2n) is 6.43. The average molecular weight is 282 g/mol. The van der Waals surface area contributed by atoms with E-state index in [1.807, 2.05) is 29.1 Å². The third kappa shape index (κ3) is 2.38. The highest BCUT2D eigenvalue weighted by molar-refractivity contribution is 5.32. The van der Waals surface area contributed by atoms with Gasteiger partial charge >= 0.3 is 0 Å². The van der Waals surface area contributed by atoms with Gasteiger partial charge < -0.3 is 5.32 Å². The maximum absolute atomic E-state index is 4.32. The summed E-state index contributed by atoms with van der Waals surface area (Å²) >= 11 is 0. The normalized spacial score (nSPS) is 28.3. The minimum absolute atomic E-state index is 0.373. The average Bonchev–Trinajstić information content (AvgIpc) is 2.93. The second-order valence-corrected chi connectivity index (χ2v) is 6.43. The molecule has 0 amide bonds. The zero-order chi connectivity index (χ0) is 14.2. The van der Waals surface area contributed by atoms with Crippen molar-refractivity contribution >= 4 is 0 Å². The molecule has 0 aliphatic heterocycles. The zero-order valence-electron chi connectivity index (χ0n) is 12.4. The van der Waals surface area contributed by atoms with Crippen molar-refractivity contribution in [3.8, 4) is 5.69 Å². The van der Waals surface area contributed by atoms with E-state index in [-0.39, 0.29) is 0 Å². The van der Waals surface area contributed by atoms with E-state index in [1.54, 1.807) is 0 Å². The SMILES string of the molecule is CCNC(c1cnnn1-c1ccccc1)C1CC2CC2C1. The molecule has 0 spiro atoms. The molecule has 0 bridgehead atoms. The lowest BCUT2D eigenvalue weighted by molar-refractivity contribution is 0.335. The third-order valence-electron chi connectivity index (χ3n) is 5.07. The Balaban J connectivity index is 1.65. The Morgan fingerprint density at radius 3 is 2.67 bits per heavy atom. The van der Waals surface area contributed by atoms with Crippen LogP contribution in [0.25, 0.3) is 5.69 Å². The Labute approximate surface area is 125 Å². The van der Waals surface area contributed by atoms with E-state index in [1.165, 1.54) is 25.0 Å². The fourth-order valence-electron chi connectivity index (χ4n) is 3.99. The first kappa shape index (κ1) is 13.0. The van der Waals surface area contributed by atoms with Gasteiger partial charge in [0, 0.05) is 0 Å². The van der Waals surface area contributed by atoms with Crippen LogP contribution in [0.1, 0.15) is 37.9 Å². The molecule has 110 valence electrons. The molecule has 1 aromatic carbocycles. The second kappa shape index (κ2) is 5.26. The molecule has 4 heteroatoms. The smallest absolute Gasteiger partial charge is 0.0818 e. The van der Waals surface area contributed by atoms with E-state index in [0.29, 0.717) is 6.04 Å². The van der Waals surface area contributed by atoms with Gasteiger partial charge in [0.25, 0.3) is 0 Å². The minimum Gasteiger partial charge on any atom is -0.309 e. The first-order chi connectivity index (χ1) is 10.4. The van der Waals surface area contributed by atoms with Gasteiger partial charge in [-0.05, 0) is 55.7 Å². The molecule has 1 aromatic heterocycles. The number of fused-ring (bicyclic) bond motifs is 1. The molecule has 3 atom stereocenters. The summed E-state index contributed by atoms with van der Waals surface area (Å²) in [5.74, 6) is 2.73. The van der Waals surface area contributed by atoms with Crippen molar-refractivity contribution in [1.29, 1.82) is 0 Å². The lowest BCUT2D eigenvalue weighted by Crippen LogP contribution is -2.29. The van der Waals surface area contributed by atoms with E-state index < -0.39 is 0 Å². The molecule has 2 saturated carbocycles. The number of nitrogens with zero attached hydrogens (tertiary/aromatic N) is 3. The maximum Gasteiger partial charge on any atom is 0.0818 e. The van der Waals surface area contributed by atoms with E-state index in [0.717, 1.165) is 30.0 Å². The number of hydrogen-bond donors (Lipinski definition) is 1. The largest absolute Gasteiger partial charge is 0.309 e. The molecule has 1 N–H and O–H groups in total. The first-order valence-electron chi connectivity index (χ1n) is 8.06. The Morgan fingerprint density at radius 1 is 1.19 bits per heavy atom. The molecule has 4 rings (SSSR count). The van der Waals surface area contributed by atoms with Crippen LogP contribution >= 0.6 is 0 Å². The predicted octanol–water partition coefficient (Wildman–Crippen LogP) is 2.96. The highest BCUT2D eigenvalue weighted by atomic mass is 15.4. The van der Waals surface area contributed by atoms with Crippen LogP contribution in [0, 0.1) is 17.8 Å². The van der Waals surface area contributed by atoms with Crippen molar-refractivity contribution < 1.29 is 0 Å². The Morgan fingerprint density at radius 2 is 1.95 bits per heavy atom. The van der Waals surface area contributed by atoms with Gasteiger partial charge in [-0.15, -0.1) is 5.10 Å². The molecule has 0 saturated heterocycles. The quantitative estimate of drug-likeness (QED) is 0.917. The van der Waals surface area contributed by atoms with Crippen molar-refractivity contribution in [2.45, 2.75) is 32.2 Å². The summed E-state index contributed by atoms with van der Waals surface area (Å²) in [6, 6.07) is 10.7. The monoisotopic (exact) mass is 282 g/mol. The number of nitrogens with one attached hydrogen (secondary N) is 1. The van der Waals surface area contributed by atoms with Crippen LogP contribution in [0.4, 0.5) is 0 Å². The summed E-state index contributed by atoms with van der Waals surface area (Å²) in [5.41, 5.74) is 2.30. The topological polar surface area (TPSA) is 42.7 Å². The van der Waals surface area contributed by atoms with Gasteiger partial charge in [-0.25, -0.2) is 4.68 Å². The van der Waals surface area contributed by atoms with E-state index >= 15 is 0 Å². The molecule has 21 heavy (non-hydrogen) atoms. The number of para-hydroxylation sites is 1. The van der Waals surface area contributed by atoms with Gasteiger partial charge in [0.2, 0.25) is 0 Å². The standard InChI is InChI=1S/C17H22N4/c1-2-18-17(14-9-12-8-13(12)10-14)16-11-19-20-21(16)15-6-4-3-5-7-15/h3-7,11-14,17-18H,2,8-10H2,1H3. The highest BCUT2D eigenvalue weighted by Gasteiger charge is 2.48. The fourth-order valence-corrected chi connectivity index (χ4v) is 3.99. The number of benzene rings is 1. The van der Waals surface area contributed by atoms with Crippen LogP contribution in [0.3, 0.4) is 0 Å². The van der Waals surface area contributed by atoms with Crippen LogP contribution in [-0.2, 0) is 0 Å². The Hall–Kier alpha value is -1.68. The van der Waals surface area contributed by atoms with Crippen molar-refractivity contribution in [3.63, 3.8) is 0 Å². The molecular weight excluding hydrogens is 260 g/mol. The van der Waals surface area contributed by atoms with E-state index in [4.69, 9.17) is 0 Å². The van der Waals surface area contributed by atoms with Gasteiger partial charge in [-0.2, -0.15) is 0 Å². The number of rotatable bonds is 5. The summed E-state index contributed by atoms with van der Waals surface area (Å²) in [6.07, 6.45) is 6.13. The molecule has 1 heterocycles. The van der Waals surface area contributed by atoms with Crippen molar-refractivity contribution in [2.24, 2.45) is 17.8 Å². The van der Waals surface area contributed by atoms with Crippen LogP contribution in [0.5, 0.6) is 0 Å². The van der Waals surface area contributed by atoms with E-state index in [2.05, 4.69) is 34.7 Å². The number of aromatic nitrogens is 3. The zero-order valence-corrected chi connectivity index (χ0v) is 12.4. The van der Waals surface area contributed by atoms with Crippen molar-refractivity contribution in [1.82, 2.24) is 20.3 Å². The first-order valence-corrected chi connectivity index (χ1v) is 8.06. The summed E-state index contributed by atoms with van der Waals surface area (Å²) in [7, 11) is 0. The molecular formula is C17H22N4. The van der Waals surface area contributed by atoms with Crippen LogP contribution < -0.4 is 5.32 Å². The van der Waals surface area contributed by atoms with E-state index in [9.17, 15) is 0 Å². The van der Waals surface area contributed by atoms with Crippen LogP contribution in [-0.4, -0.2) is 21.5 Å². The van der Waals surface area contributed by atoms with Crippen molar-refractivity contribution in [3.05, 3.63) is 42.2 Å². The molecule has 2 aliphatic carbocycles. The predicted molar refractivity (Wildman–Crippen MR) is 82.1 cm³/mol. The summed E-state index contributed by atoms with van der Waals surface area (Å²) in [5, 5.41) is 12.2. The Kier molecular flexibility index (Phi) is 3.26. The molecule has 2 fully saturated rings. The lowest BCUT2D eigenvalue weighted by Gasteiger charge is -2.25. The number of hydrogen-bond acceptors (Lipinski definition) is 3. The molecule has 2 aliphatic rings. The van der Waals surface area contributed by atoms with Crippen LogP contribution in [0.2, 0.25) is 0 Å². The van der Waals surface area contributed by atoms with Gasteiger partial charge in [0.05, 0.1) is 23.6 Å². The molecule has 3 unspecified atom stereocenters. The van der Waals surface area contributed by atoms with Crippen LogP contribution in [0.15, 0.2) is 36.5 Å². The molecule has 4 nitrogen and oxygen atoms in total.